The first-order valence-corrected chi connectivity index (χ1v) is 7.21. The molecular weight excluding hydrogens is 379 g/mol. The third kappa shape index (κ3) is 2.09. The maximum atomic E-state index is 6.27. The molecule has 18 heavy (non-hydrogen) atoms. The molecule has 0 saturated carbocycles. The Morgan fingerprint density at radius 2 is 1.94 bits per heavy atom. The molecule has 3 rings (SSSR count). The van der Waals surface area contributed by atoms with Gasteiger partial charge in [0.15, 0.2) is 0 Å². The highest BCUT2D eigenvalue weighted by molar-refractivity contribution is 9.10. The van der Waals surface area contributed by atoms with Gasteiger partial charge in [0.2, 0.25) is 0 Å². The summed E-state index contributed by atoms with van der Waals surface area (Å²) in [5.41, 5.74) is 2.79. The first-order chi connectivity index (χ1) is 8.65. The van der Waals surface area contributed by atoms with E-state index in [1.165, 1.54) is 0 Å². The fourth-order valence-corrected chi connectivity index (χ4v) is 2.74. The Balaban J connectivity index is 2.22. The van der Waals surface area contributed by atoms with E-state index < -0.39 is 0 Å². The molecule has 1 heterocycles. The van der Waals surface area contributed by atoms with Crippen molar-refractivity contribution in [2.75, 3.05) is 0 Å². The summed E-state index contributed by atoms with van der Waals surface area (Å²) in [4.78, 5) is 7.82. The van der Waals surface area contributed by atoms with Crippen molar-refractivity contribution >= 4 is 54.5 Å². The number of H-pyrrole nitrogens is 1. The number of rotatable bonds is 1. The van der Waals surface area contributed by atoms with Crippen molar-refractivity contribution in [3.05, 3.63) is 50.4 Å². The van der Waals surface area contributed by atoms with Crippen molar-refractivity contribution in [2.45, 2.75) is 0 Å². The fraction of sp³-hybridized carbons (Fsp3) is 0. The Morgan fingerprint density at radius 3 is 2.78 bits per heavy atom. The molecule has 0 unspecified atom stereocenters. The number of hydrogen-bond acceptors (Lipinski definition) is 1. The molecule has 5 heteroatoms. The van der Waals surface area contributed by atoms with Gasteiger partial charge in [-0.2, -0.15) is 0 Å². The number of aromatic nitrogens is 2. The van der Waals surface area contributed by atoms with Crippen molar-refractivity contribution in [3.63, 3.8) is 0 Å². The lowest BCUT2D eigenvalue weighted by Crippen LogP contribution is -1.82. The molecule has 0 saturated heterocycles. The Bertz CT molecular complexity index is 737. The minimum Gasteiger partial charge on any atom is -0.338 e. The Labute approximate surface area is 126 Å². The number of fused-ring (bicyclic) bond motifs is 1. The van der Waals surface area contributed by atoms with Crippen LogP contribution in [0.1, 0.15) is 0 Å². The standard InChI is InChI=1S/C13H7Br2ClN2/c14-7-4-5-10-11(6-7)18-13(17-10)8-2-1-3-9(15)12(8)16/h1-6H,(H,17,18). The molecule has 0 bridgehead atoms. The molecular formula is C13H7Br2ClN2. The predicted octanol–water partition coefficient (Wildman–Crippen LogP) is 5.41. The first-order valence-electron chi connectivity index (χ1n) is 5.25. The van der Waals surface area contributed by atoms with E-state index in [0.29, 0.717) is 5.02 Å². The molecule has 1 N–H and O–H groups in total. The molecule has 2 nitrogen and oxygen atoms in total. The second-order valence-electron chi connectivity index (χ2n) is 3.85. The van der Waals surface area contributed by atoms with Crippen molar-refractivity contribution in [1.29, 1.82) is 0 Å². The molecule has 0 fully saturated rings. The minimum atomic E-state index is 0.663. The van der Waals surface area contributed by atoms with E-state index in [9.17, 15) is 0 Å². The summed E-state index contributed by atoms with van der Waals surface area (Å²) in [5, 5.41) is 0.663. The molecule has 0 radical (unpaired) electrons. The maximum absolute atomic E-state index is 6.27. The van der Waals surface area contributed by atoms with Crippen LogP contribution < -0.4 is 0 Å². The molecule has 3 aromatic rings. The third-order valence-electron chi connectivity index (χ3n) is 2.65. The molecule has 1 aromatic heterocycles. The van der Waals surface area contributed by atoms with Crippen LogP contribution in [0.4, 0.5) is 0 Å². The van der Waals surface area contributed by atoms with E-state index in [1.807, 2.05) is 36.4 Å². The summed E-state index contributed by atoms with van der Waals surface area (Å²) >= 11 is 13.1. The van der Waals surface area contributed by atoms with Crippen LogP contribution in [0.15, 0.2) is 45.3 Å². The summed E-state index contributed by atoms with van der Waals surface area (Å²) in [7, 11) is 0. The number of benzene rings is 2. The zero-order valence-corrected chi connectivity index (χ0v) is 13.0. The van der Waals surface area contributed by atoms with Crippen LogP contribution in [-0.2, 0) is 0 Å². The second kappa shape index (κ2) is 4.68. The largest absolute Gasteiger partial charge is 0.338 e. The Hall–Kier alpha value is -0.840. The minimum absolute atomic E-state index is 0.663. The summed E-state index contributed by atoms with van der Waals surface area (Å²) in [5.74, 6) is 0.773. The molecule has 90 valence electrons. The molecule has 0 amide bonds. The normalized spacial score (nSPS) is 11.1. The van der Waals surface area contributed by atoms with Crippen LogP contribution in [0.3, 0.4) is 0 Å². The van der Waals surface area contributed by atoms with Crippen molar-refractivity contribution < 1.29 is 0 Å². The number of imidazole rings is 1. The monoisotopic (exact) mass is 384 g/mol. The third-order valence-corrected chi connectivity index (χ3v) is 4.44. The first kappa shape index (κ1) is 12.2. The SMILES string of the molecule is Clc1c(Br)cccc1-c1nc2ccc(Br)cc2[nH]1. The summed E-state index contributed by atoms with van der Waals surface area (Å²) in [6.07, 6.45) is 0. The van der Waals surface area contributed by atoms with Gasteiger partial charge in [-0.05, 0) is 46.3 Å². The van der Waals surface area contributed by atoms with Gasteiger partial charge in [0.1, 0.15) is 5.82 Å². The van der Waals surface area contributed by atoms with Gasteiger partial charge in [-0.25, -0.2) is 4.98 Å². The number of nitrogens with zero attached hydrogens (tertiary/aromatic N) is 1. The lowest BCUT2D eigenvalue weighted by molar-refractivity contribution is 1.33. The highest BCUT2D eigenvalue weighted by atomic mass is 79.9. The molecule has 2 aromatic carbocycles. The van der Waals surface area contributed by atoms with Gasteiger partial charge in [0.05, 0.1) is 16.1 Å². The molecule has 0 aliphatic rings. The van der Waals surface area contributed by atoms with E-state index >= 15 is 0 Å². The quantitative estimate of drug-likeness (QED) is 0.595. The van der Waals surface area contributed by atoms with Crippen molar-refractivity contribution in [1.82, 2.24) is 9.97 Å². The van der Waals surface area contributed by atoms with E-state index in [-0.39, 0.29) is 0 Å². The van der Waals surface area contributed by atoms with Crippen LogP contribution in [0.2, 0.25) is 5.02 Å². The van der Waals surface area contributed by atoms with E-state index in [4.69, 9.17) is 11.6 Å². The summed E-state index contributed by atoms with van der Waals surface area (Å²) < 4.78 is 1.88. The lowest BCUT2D eigenvalue weighted by Gasteiger charge is -2.01. The molecule has 0 aliphatic heterocycles. The fourth-order valence-electron chi connectivity index (χ4n) is 1.80. The summed E-state index contributed by atoms with van der Waals surface area (Å²) in [6, 6.07) is 11.7. The average Bonchev–Trinajstić information content (AvgIpc) is 2.75. The number of aromatic amines is 1. The molecule has 0 atom stereocenters. The zero-order chi connectivity index (χ0) is 12.7. The van der Waals surface area contributed by atoms with Crippen molar-refractivity contribution in [2.24, 2.45) is 0 Å². The smallest absolute Gasteiger partial charge is 0.140 e. The van der Waals surface area contributed by atoms with Gasteiger partial charge in [0, 0.05) is 14.5 Å². The van der Waals surface area contributed by atoms with Gasteiger partial charge >= 0.3 is 0 Å². The lowest BCUT2D eigenvalue weighted by atomic mass is 10.2. The van der Waals surface area contributed by atoms with Crippen LogP contribution in [0.5, 0.6) is 0 Å². The molecule has 0 aliphatic carbocycles. The second-order valence-corrected chi connectivity index (χ2v) is 6.00. The van der Waals surface area contributed by atoms with Gasteiger partial charge in [0.25, 0.3) is 0 Å². The van der Waals surface area contributed by atoms with Crippen LogP contribution in [-0.4, -0.2) is 9.97 Å². The van der Waals surface area contributed by atoms with Gasteiger partial charge in [-0.15, -0.1) is 0 Å². The van der Waals surface area contributed by atoms with E-state index in [0.717, 1.165) is 31.4 Å². The topological polar surface area (TPSA) is 28.7 Å². The summed E-state index contributed by atoms with van der Waals surface area (Å²) in [6.45, 7) is 0. The van der Waals surface area contributed by atoms with Gasteiger partial charge in [-0.1, -0.05) is 33.6 Å². The average molecular weight is 386 g/mol. The van der Waals surface area contributed by atoms with E-state index in [1.54, 1.807) is 0 Å². The van der Waals surface area contributed by atoms with E-state index in [2.05, 4.69) is 41.8 Å². The van der Waals surface area contributed by atoms with Crippen molar-refractivity contribution in [3.8, 4) is 11.4 Å². The van der Waals surface area contributed by atoms with Gasteiger partial charge in [-0.3, -0.25) is 0 Å². The number of hydrogen-bond donors (Lipinski definition) is 1. The number of nitrogens with one attached hydrogen (secondary N) is 1. The predicted molar refractivity (Wildman–Crippen MR) is 81.9 cm³/mol. The van der Waals surface area contributed by atoms with Crippen LogP contribution in [0.25, 0.3) is 22.4 Å². The Morgan fingerprint density at radius 1 is 1.11 bits per heavy atom. The van der Waals surface area contributed by atoms with Crippen LogP contribution in [0, 0.1) is 0 Å². The van der Waals surface area contributed by atoms with Crippen LogP contribution >= 0.6 is 43.5 Å². The Kier molecular flexibility index (Phi) is 3.18. The highest BCUT2D eigenvalue weighted by Gasteiger charge is 2.10. The molecule has 0 spiro atoms. The maximum Gasteiger partial charge on any atom is 0.140 e. The number of halogens is 3. The van der Waals surface area contributed by atoms with Gasteiger partial charge < -0.3 is 4.98 Å². The highest BCUT2D eigenvalue weighted by Crippen LogP contribution is 2.33. The zero-order valence-electron chi connectivity index (χ0n) is 9.05.